The summed E-state index contributed by atoms with van der Waals surface area (Å²) < 4.78 is 0. The number of rotatable bonds is 16. The van der Waals surface area contributed by atoms with Gasteiger partial charge < -0.3 is 0 Å². The van der Waals surface area contributed by atoms with Gasteiger partial charge in [-0.2, -0.15) is 0 Å². The molecule has 1 nitrogen and oxygen atoms in total. The van der Waals surface area contributed by atoms with Crippen LogP contribution in [0.2, 0.25) is 0 Å². The van der Waals surface area contributed by atoms with E-state index >= 15 is 0 Å². The van der Waals surface area contributed by atoms with Crippen molar-refractivity contribution in [3.05, 3.63) is 95.6 Å². The van der Waals surface area contributed by atoms with Crippen molar-refractivity contribution >= 4 is 5.78 Å². The van der Waals surface area contributed by atoms with Crippen molar-refractivity contribution in [1.29, 1.82) is 0 Å². The van der Waals surface area contributed by atoms with E-state index in [2.05, 4.69) is 116 Å². The molecule has 0 saturated heterocycles. The van der Waals surface area contributed by atoms with Gasteiger partial charge in [0, 0.05) is 12.8 Å². The van der Waals surface area contributed by atoms with Crippen LogP contribution in [0.4, 0.5) is 0 Å². The first kappa shape index (κ1) is 33.6. The van der Waals surface area contributed by atoms with Crippen molar-refractivity contribution < 1.29 is 4.79 Å². The van der Waals surface area contributed by atoms with Crippen molar-refractivity contribution in [2.24, 2.45) is 0 Å². The van der Waals surface area contributed by atoms with E-state index in [9.17, 15) is 4.79 Å². The molecule has 0 atom stereocenters. The first-order chi connectivity index (χ1) is 17.2. The first-order valence-corrected chi connectivity index (χ1v) is 14.0. The summed E-state index contributed by atoms with van der Waals surface area (Å²) in [7, 11) is 0. The van der Waals surface area contributed by atoms with Crippen LogP contribution < -0.4 is 0 Å². The lowest BCUT2D eigenvalue weighted by Crippen LogP contribution is -2.20. The molecule has 0 saturated carbocycles. The summed E-state index contributed by atoms with van der Waals surface area (Å²) in [6, 6.07) is 8.54. The molecule has 0 amide bonds. The smallest absolute Gasteiger partial charge is 0.132 e. The fourth-order valence-electron chi connectivity index (χ4n) is 4.13. The lowest BCUT2D eigenvalue weighted by atomic mass is 9.78. The van der Waals surface area contributed by atoms with Crippen LogP contribution in [-0.2, 0) is 10.2 Å². The highest BCUT2D eigenvalue weighted by Gasteiger charge is 2.22. The van der Waals surface area contributed by atoms with Crippen molar-refractivity contribution in [1.82, 2.24) is 0 Å². The Balaban J connectivity index is 0.00000103. The Bertz CT molecular complexity index is 860. The van der Waals surface area contributed by atoms with Crippen LogP contribution in [-0.4, -0.2) is 5.78 Å². The second-order valence-corrected chi connectivity index (χ2v) is 10.4. The van der Waals surface area contributed by atoms with E-state index < -0.39 is 0 Å². The Morgan fingerprint density at radius 3 is 2.33 bits per heavy atom. The van der Waals surface area contributed by atoms with E-state index in [0.717, 1.165) is 51.4 Å². The number of allylic oxidation sites excluding steroid dienone is 9. The zero-order valence-corrected chi connectivity index (χ0v) is 24.5. The molecule has 1 rings (SSSR count). The van der Waals surface area contributed by atoms with E-state index in [1.165, 1.54) is 28.7 Å². The molecule has 0 aliphatic rings. The summed E-state index contributed by atoms with van der Waals surface area (Å²) in [6.07, 6.45) is 25.0. The minimum atomic E-state index is 0.0651. The van der Waals surface area contributed by atoms with Gasteiger partial charge in [-0.05, 0) is 82.3 Å². The molecule has 0 N–H and O–H groups in total. The summed E-state index contributed by atoms with van der Waals surface area (Å²) in [5.74, 6) is 0.420. The fraction of sp³-hybridized carbons (Fsp3) is 0.514. The Labute approximate surface area is 224 Å². The molecular formula is C35H54O. The number of benzene rings is 1. The van der Waals surface area contributed by atoms with Gasteiger partial charge in [-0.25, -0.2) is 0 Å². The maximum atomic E-state index is 12.2. The molecule has 0 spiro atoms. The highest BCUT2D eigenvalue weighted by molar-refractivity contribution is 5.78. The lowest BCUT2D eigenvalue weighted by Gasteiger charge is -2.27. The fourth-order valence-corrected chi connectivity index (χ4v) is 4.13. The number of ketones is 1. The molecule has 0 aromatic heterocycles. The van der Waals surface area contributed by atoms with Crippen LogP contribution in [0.3, 0.4) is 0 Å². The molecule has 1 aromatic carbocycles. The summed E-state index contributed by atoms with van der Waals surface area (Å²) in [4.78, 5) is 12.2. The van der Waals surface area contributed by atoms with Gasteiger partial charge in [0.05, 0.1) is 0 Å². The van der Waals surface area contributed by atoms with Crippen LogP contribution >= 0.6 is 0 Å². The molecule has 36 heavy (non-hydrogen) atoms. The van der Waals surface area contributed by atoms with Gasteiger partial charge in [-0.15, -0.1) is 6.58 Å². The maximum Gasteiger partial charge on any atom is 0.132 e. The second-order valence-electron chi connectivity index (χ2n) is 10.4. The van der Waals surface area contributed by atoms with Gasteiger partial charge in [0.15, 0.2) is 0 Å². The topological polar surface area (TPSA) is 17.1 Å². The average Bonchev–Trinajstić information content (AvgIpc) is 2.83. The Hall–Kier alpha value is -2.41. The number of aryl methyl sites for hydroxylation is 1. The number of Topliss-reactive ketones (excluding diaryl/α,β-unsaturated/α-hetero) is 1. The largest absolute Gasteiger partial charge is 0.300 e. The SMILES string of the molecule is C=CC/C(C)=C/C=C\CC.CC/C=C(C)\C=C/CCCCCC(=O)CCC(C)(C)c1ccccc1C. The maximum absolute atomic E-state index is 12.2. The van der Waals surface area contributed by atoms with Crippen molar-refractivity contribution in [3.8, 4) is 0 Å². The molecule has 1 heteroatoms. The van der Waals surface area contributed by atoms with E-state index in [1.807, 2.05) is 6.08 Å². The van der Waals surface area contributed by atoms with Crippen LogP contribution in [0.15, 0.2) is 84.5 Å². The highest BCUT2D eigenvalue weighted by Crippen LogP contribution is 2.31. The Morgan fingerprint density at radius 2 is 1.69 bits per heavy atom. The third kappa shape index (κ3) is 17.1. The van der Waals surface area contributed by atoms with Crippen molar-refractivity contribution in [2.75, 3.05) is 0 Å². The molecule has 0 aliphatic heterocycles. The average molecular weight is 491 g/mol. The molecule has 0 radical (unpaired) electrons. The lowest BCUT2D eigenvalue weighted by molar-refractivity contribution is -0.119. The zero-order chi connectivity index (χ0) is 27.2. The molecular weight excluding hydrogens is 436 g/mol. The van der Waals surface area contributed by atoms with E-state index in [4.69, 9.17) is 0 Å². The number of unbranched alkanes of at least 4 members (excludes halogenated alkanes) is 3. The van der Waals surface area contributed by atoms with Crippen LogP contribution in [0.1, 0.15) is 117 Å². The molecule has 0 bridgehead atoms. The van der Waals surface area contributed by atoms with Crippen molar-refractivity contribution in [2.45, 2.75) is 118 Å². The predicted molar refractivity (Wildman–Crippen MR) is 163 cm³/mol. The van der Waals surface area contributed by atoms with Gasteiger partial charge in [0.1, 0.15) is 5.78 Å². The monoisotopic (exact) mass is 490 g/mol. The summed E-state index contributed by atoms with van der Waals surface area (Å²) >= 11 is 0. The molecule has 1 aromatic rings. The Kier molecular flexibility index (Phi) is 19.4. The van der Waals surface area contributed by atoms with E-state index in [1.54, 1.807) is 0 Å². The first-order valence-electron chi connectivity index (χ1n) is 14.0. The second kappa shape index (κ2) is 20.7. The quantitative estimate of drug-likeness (QED) is 0.128. The van der Waals surface area contributed by atoms with Gasteiger partial charge in [-0.1, -0.05) is 112 Å². The van der Waals surface area contributed by atoms with Crippen LogP contribution in [0.5, 0.6) is 0 Å². The minimum absolute atomic E-state index is 0.0651. The third-order valence-electron chi connectivity index (χ3n) is 6.36. The van der Waals surface area contributed by atoms with E-state index in [-0.39, 0.29) is 5.41 Å². The molecule has 0 aliphatic carbocycles. The van der Waals surface area contributed by atoms with Gasteiger partial charge in [0.25, 0.3) is 0 Å². The Morgan fingerprint density at radius 1 is 0.972 bits per heavy atom. The number of hydrogen-bond acceptors (Lipinski definition) is 1. The number of hydrogen-bond donors (Lipinski definition) is 0. The molecule has 200 valence electrons. The third-order valence-corrected chi connectivity index (χ3v) is 6.36. The minimum Gasteiger partial charge on any atom is -0.300 e. The molecule has 0 fully saturated rings. The van der Waals surface area contributed by atoms with Gasteiger partial charge in [0.2, 0.25) is 0 Å². The molecule has 0 unspecified atom stereocenters. The normalized spacial score (nSPS) is 12.6. The molecule has 0 heterocycles. The number of carbonyl (C=O) groups is 1. The summed E-state index contributed by atoms with van der Waals surface area (Å²) in [5, 5.41) is 0. The van der Waals surface area contributed by atoms with Crippen molar-refractivity contribution in [3.63, 3.8) is 0 Å². The summed E-state index contributed by atoms with van der Waals surface area (Å²) in [6.45, 7) is 18.9. The van der Waals surface area contributed by atoms with Crippen LogP contribution in [0, 0.1) is 6.92 Å². The van der Waals surface area contributed by atoms with Gasteiger partial charge >= 0.3 is 0 Å². The summed E-state index contributed by atoms with van der Waals surface area (Å²) in [5.41, 5.74) is 5.46. The van der Waals surface area contributed by atoms with Gasteiger partial charge in [-0.3, -0.25) is 4.79 Å². The number of carbonyl (C=O) groups excluding carboxylic acids is 1. The van der Waals surface area contributed by atoms with E-state index in [0.29, 0.717) is 12.2 Å². The standard InChI is InChI=1S/C25H38O.C10H16/c1-6-14-21(2)15-10-8-7-9-11-17-23(26)19-20-25(4,5)24-18-13-12-16-22(24)3;1-4-6-7-9-10(3)8-5-2/h10,12-16,18H,6-9,11,17,19-20H2,1-5H3;5-7,9H,2,4,8H2,1,3H3/b15-10-,21-14-;7-6-,10-9+. The zero-order valence-electron chi connectivity index (χ0n) is 24.5. The highest BCUT2D eigenvalue weighted by atomic mass is 16.1. The predicted octanol–water partition coefficient (Wildman–Crippen LogP) is 11.0. The van der Waals surface area contributed by atoms with Crippen LogP contribution in [0.25, 0.3) is 0 Å².